The number of esters is 1. The first-order valence-electron chi connectivity index (χ1n) is 6.22. The highest BCUT2D eigenvalue weighted by molar-refractivity contribution is 5.69. The van der Waals surface area contributed by atoms with Gasteiger partial charge in [-0.2, -0.15) is 0 Å². The number of carbonyl (C=O) groups is 1. The van der Waals surface area contributed by atoms with Gasteiger partial charge in [-0.05, 0) is 31.4 Å². The van der Waals surface area contributed by atoms with Gasteiger partial charge in [0.25, 0.3) is 0 Å². The molecule has 0 amide bonds. The molecule has 0 fully saturated rings. The molecule has 18 heavy (non-hydrogen) atoms. The van der Waals surface area contributed by atoms with Gasteiger partial charge in [0.2, 0.25) is 0 Å². The summed E-state index contributed by atoms with van der Waals surface area (Å²) in [6.07, 6.45) is 2.02. The van der Waals surface area contributed by atoms with Crippen LogP contribution in [0.3, 0.4) is 0 Å². The Bertz CT molecular complexity index is 382. The zero-order valence-corrected chi connectivity index (χ0v) is 10.7. The van der Waals surface area contributed by atoms with Crippen LogP contribution in [0.25, 0.3) is 0 Å². The predicted molar refractivity (Wildman–Crippen MR) is 68.3 cm³/mol. The van der Waals surface area contributed by atoms with Crippen LogP contribution >= 0.6 is 0 Å². The fourth-order valence-corrected chi connectivity index (χ4v) is 1.64. The van der Waals surface area contributed by atoms with Crippen molar-refractivity contribution in [1.82, 2.24) is 0 Å². The van der Waals surface area contributed by atoms with Crippen molar-refractivity contribution in [3.05, 3.63) is 35.6 Å². The van der Waals surface area contributed by atoms with E-state index in [9.17, 15) is 9.18 Å². The van der Waals surface area contributed by atoms with Gasteiger partial charge < -0.3 is 10.5 Å². The molecule has 0 radical (unpaired) electrons. The SMILES string of the molecule is CC(CCN)CCC(=O)OCc1ccccc1F. The Kier molecular flexibility index (Phi) is 6.36. The number of ether oxygens (including phenoxy) is 1. The molecule has 4 heteroatoms. The minimum absolute atomic E-state index is 0.00320. The lowest BCUT2D eigenvalue weighted by Crippen LogP contribution is -2.10. The van der Waals surface area contributed by atoms with E-state index < -0.39 is 0 Å². The first-order valence-corrected chi connectivity index (χ1v) is 6.22. The first kappa shape index (κ1) is 14.6. The maximum absolute atomic E-state index is 13.2. The summed E-state index contributed by atoms with van der Waals surface area (Å²) in [4.78, 5) is 11.5. The molecular weight excluding hydrogens is 233 g/mol. The number of halogens is 1. The molecule has 0 heterocycles. The molecule has 0 aliphatic rings. The lowest BCUT2D eigenvalue weighted by atomic mass is 10.0. The van der Waals surface area contributed by atoms with Crippen LogP contribution in [-0.2, 0) is 16.1 Å². The van der Waals surface area contributed by atoms with E-state index in [2.05, 4.69) is 6.92 Å². The van der Waals surface area contributed by atoms with Crippen LogP contribution in [0, 0.1) is 11.7 Å². The number of nitrogens with two attached hydrogens (primary N) is 1. The Hall–Kier alpha value is -1.42. The van der Waals surface area contributed by atoms with Crippen LogP contribution in [0.4, 0.5) is 4.39 Å². The van der Waals surface area contributed by atoms with Crippen molar-refractivity contribution < 1.29 is 13.9 Å². The molecular formula is C14H20FNO2. The summed E-state index contributed by atoms with van der Waals surface area (Å²) < 4.78 is 18.3. The number of benzene rings is 1. The molecule has 1 atom stereocenters. The van der Waals surface area contributed by atoms with Crippen molar-refractivity contribution in [2.24, 2.45) is 11.7 Å². The summed E-state index contributed by atoms with van der Waals surface area (Å²) in [6.45, 7) is 2.68. The molecule has 0 aliphatic carbocycles. The fourth-order valence-electron chi connectivity index (χ4n) is 1.64. The Morgan fingerprint density at radius 2 is 2.11 bits per heavy atom. The molecule has 2 N–H and O–H groups in total. The Morgan fingerprint density at radius 1 is 1.39 bits per heavy atom. The average Bonchev–Trinajstić information content (AvgIpc) is 2.36. The highest BCUT2D eigenvalue weighted by Gasteiger charge is 2.08. The van der Waals surface area contributed by atoms with Crippen LogP contribution in [0.1, 0.15) is 31.7 Å². The fraction of sp³-hybridized carbons (Fsp3) is 0.500. The van der Waals surface area contributed by atoms with Gasteiger partial charge in [0.1, 0.15) is 12.4 Å². The van der Waals surface area contributed by atoms with E-state index in [1.54, 1.807) is 18.2 Å². The van der Waals surface area contributed by atoms with Crippen LogP contribution in [-0.4, -0.2) is 12.5 Å². The second-order valence-corrected chi connectivity index (χ2v) is 4.47. The van der Waals surface area contributed by atoms with Crippen molar-refractivity contribution in [2.75, 3.05) is 6.54 Å². The number of hydrogen-bond donors (Lipinski definition) is 1. The lowest BCUT2D eigenvalue weighted by Gasteiger charge is -2.09. The van der Waals surface area contributed by atoms with Crippen molar-refractivity contribution in [3.63, 3.8) is 0 Å². The third kappa shape index (κ3) is 5.27. The number of hydrogen-bond acceptors (Lipinski definition) is 3. The molecule has 3 nitrogen and oxygen atoms in total. The summed E-state index contributed by atoms with van der Waals surface area (Å²) in [6, 6.07) is 6.29. The zero-order chi connectivity index (χ0) is 13.4. The molecule has 1 rings (SSSR count). The molecule has 1 aromatic rings. The maximum atomic E-state index is 13.2. The van der Waals surface area contributed by atoms with Gasteiger partial charge in [0, 0.05) is 12.0 Å². The average molecular weight is 253 g/mol. The minimum atomic E-state index is -0.346. The van der Waals surface area contributed by atoms with Crippen LogP contribution in [0.2, 0.25) is 0 Å². The van der Waals surface area contributed by atoms with Crippen molar-refractivity contribution >= 4 is 5.97 Å². The summed E-state index contributed by atoms with van der Waals surface area (Å²) in [5, 5.41) is 0. The highest BCUT2D eigenvalue weighted by atomic mass is 19.1. The number of carbonyl (C=O) groups excluding carboxylic acids is 1. The topological polar surface area (TPSA) is 52.3 Å². The molecule has 1 unspecified atom stereocenters. The summed E-state index contributed by atoms with van der Waals surface area (Å²) in [5.74, 6) is -0.222. The van der Waals surface area contributed by atoms with Crippen molar-refractivity contribution in [1.29, 1.82) is 0 Å². The third-order valence-electron chi connectivity index (χ3n) is 2.85. The van der Waals surface area contributed by atoms with Gasteiger partial charge in [-0.15, -0.1) is 0 Å². The van der Waals surface area contributed by atoms with Gasteiger partial charge in [-0.1, -0.05) is 25.1 Å². The van der Waals surface area contributed by atoms with Gasteiger partial charge in [-0.25, -0.2) is 4.39 Å². The van der Waals surface area contributed by atoms with E-state index in [0.29, 0.717) is 24.4 Å². The van der Waals surface area contributed by atoms with Crippen molar-refractivity contribution in [3.8, 4) is 0 Å². The Labute approximate surface area is 107 Å². The van der Waals surface area contributed by atoms with E-state index >= 15 is 0 Å². The molecule has 0 aromatic heterocycles. The quantitative estimate of drug-likeness (QED) is 0.760. The summed E-state index contributed by atoms with van der Waals surface area (Å²) >= 11 is 0. The molecule has 1 aromatic carbocycles. The van der Waals surface area contributed by atoms with Crippen LogP contribution in [0.5, 0.6) is 0 Å². The van der Waals surface area contributed by atoms with Gasteiger partial charge in [0.05, 0.1) is 0 Å². The van der Waals surface area contributed by atoms with Crippen LogP contribution < -0.4 is 5.73 Å². The first-order chi connectivity index (χ1) is 8.63. The van der Waals surface area contributed by atoms with E-state index in [1.165, 1.54) is 6.07 Å². The molecule has 0 saturated carbocycles. The zero-order valence-electron chi connectivity index (χ0n) is 10.7. The van der Waals surface area contributed by atoms with E-state index in [0.717, 1.165) is 12.8 Å². The Morgan fingerprint density at radius 3 is 2.78 bits per heavy atom. The Balaban J connectivity index is 2.27. The highest BCUT2D eigenvalue weighted by Crippen LogP contribution is 2.12. The second kappa shape index (κ2) is 7.82. The van der Waals surface area contributed by atoms with Gasteiger partial charge in [-0.3, -0.25) is 4.79 Å². The van der Waals surface area contributed by atoms with E-state index in [-0.39, 0.29) is 18.4 Å². The molecule has 0 bridgehead atoms. The predicted octanol–water partition coefficient (Wildman–Crippen LogP) is 2.63. The second-order valence-electron chi connectivity index (χ2n) is 4.47. The van der Waals surface area contributed by atoms with Crippen molar-refractivity contribution in [2.45, 2.75) is 32.8 Å². The largest absolute Gasteiger partial charge is 0.461 e. The van der Waals surface area contributed by atoms with Gasteiger partial charge in [0.15, 0.2) is 0 Å². The molecule has 0 spiro atoms. The number of rotatable bonds is 7. The van der Waals surface area contributed by atoms with E-state index in [4.69, 9.17) is 10.5 Å². The monoisotopic (exact) mass is 253 g/mol. The van der Waals surface area contributed by atoms with Crippen LogP contribution in [0.15, 0.2) is 24.3 Å². The van der Waals surface area contributed by atoms with E-state index in [1.807, 2.05) is 0 Å². The summed E-state index contributed by atoms with van der Waals surface area (Å²) in [7, 11) is 0. The third-order valence-corrected chi connectivity index (χ3v) is 2.85. The standard InChI is InChI=1S/C14H20FNO2/c1-11(8-9-16)6-7-14(17)18-10-12-4-2-3-5-13(12)15/h2-5,11H,6-10,16H2,1H3. The maximum Gasteiger partial charge on any atom is 0.306 e. The normalized spacial score (nSPS) is 12.2. The smallest absolute Gasteiger partial charge is 0.306 e. The lowest BCUT2D eigenvalue weighted by molar-refractivity contribution is -0.145. The minimum Gasteiger partial charge on any atom is -0.461 e. The molecule has 100 valence electrons. The summed E-state index contributed by atoms with van der Waals surface area (Å²) in [5.41, 5.74) is 5.83. The molecule has 0 aliphatic heterocycles. The molecule has 0 saturated heterocycles. The van der Waals surface area contributed by atoms with Gasteiger partial charge >= 0.3 is 5.97 Å².